The highest BCUT2D eigenvalue weighted by Crippen LogP contribution is 2.17. The molecule has 0 heterocycles. The van der Waals surface area contributed by atoms with Crippen molar-refractivity contribution in [3.63, 3.8) is 0 Å². The van der Waals surface area contributed by atoms with Gasteiger partial charge in [0, 0.05) is 3.57 Å². The molecule has 0 aliphatic carbocycles. The van der Waals surface area contributed by atoms with Crippen molar-refractivity contribution in [2.45, 2.75) is 39.5 Å². The van der Waals surface area contributed by atoms with E-state index in [1.807, 2.05) is 12.1 Å². The fraction of sp³-hybridized carbons (Fsp3) is 0.571. The van der Waals surface area contributed by atoms with Gasteiger partial charge < -0.3 is 4.74 Å². The van der Waals surface area contributed by atoms with Crippen LogP contribution in [0.15, 0.2) is 24.3 Å². The first-order chi connectivity index (χ1) is 7.76. The molecule has 2 heteroatoms. The van der Waals surface area contributed by atoms with Crippen LogP contribution in [0.3, 0.4) is 0 Å². The molecule has 1 nitrogen and oxygen atoms in total. The van der Waals surface area contributed by atoms with Crippen molar-refractivity contribution in [3.8, 4) is 5.75 Å². The average molecular weight is 332 g/mol. The summed E-state index contributed by atoms with van der Waals surface area (Å²) in [4.78, 5) is 0. The van der Waals surface area contributed by atoms with Crippen LogP contribution in [0, 0.1) is 9.49 Å². The fourth-order valence-electron chi connectivity index (χ4n) is 1.64. The molecule has 1 atom stereocenters. The second-order valence-electron chi connectivity index (χ2n) is 4.18. The molecule has 1 rings (SSSR count). The Morgan fingerprint density at radius 1 is 1.19 bits per heavy atom. The second-order valence-corrected chi connectivity index (χ2v) is 5.43. The molecule has 0 radical (unpaired) electrons. The highest BCUT2D eigenvalue weighted by Gasteiger charge is 2.06. The molecule has 1 aromatic carbocycles. The topological polar surface area (TPSA) is 9.23 Å². The van der Waals surface area contributed by atoms with Gasteiger partial charge in [-0.3, -0.25) is 0 Å². The molecule has 0 bridgehead atoms. The third-order valence-electron chi connectivity index (χ3n) is 2.84. The van der Waals surface area contributed by atoms with Crippen molar-refractivity contribution in [1.82, 2.24) is 0 Å². The zero-order valence-corrected chi connectivity index (χ0v) is 12.4. The zero-order chi connectivity index (χ0) is 11.8. The van der Waals surface area contributed by atoms with Crippen molar-refractivity contribution in [1.29, 1.82) is 0 Å². The Kier molecular flexibility index (Phi) is 6.85. The molecule has 0 spiro atoms. The Morgan fingerprint density at radius 3 is 2.44 bits per heavy atom. The molecule has 0 amide bonds. The lowest BCUT2D eigenvalue weighted by molar-refractivity contribution is 0.233. The van der Waals surface area contributed by atoms with E-state index in [9.17, 15) is 0 Å². The third kappa shape index (κ3) is 5.19. The summed E-state index contributed by atoms with van der Waals surface area (Å²) >= 11 is 2.31. The Hall–Kier alpha value is -0.250. The van der Waals surface area contributed by atoms with Gasteiger partial charge >= 0.3 is 0 Å². The molecule has 1 unspecified atom stereocenters. The molecule has 0 saturated carbocycles. The minimum absolute atomic E-state index is 0.708. The van der Waals surface area contributed by atoms with Gasteiger partial charge in [0.15, 0.2) is 0 Å². The van der Waals surface area contributed by atoms with Crippen LogP contribution >= 0.6 is 22.6 Å². The Bertz CT molecular complexity index is 281. The molecule has 0 aliphatic rings. The monoisotopic (exact) mass is 332 g/mol. The van der Waals surface area contributed by atoms with Gasteiger partial charge in [0.2, 0.25) is 0 Å². The van der Waals surface area contributed by atoms with Gasteiger partial charge in [-0.25, -0.2) is 0 Å². The third-order valence-corrected chi connectivity index (χ3v) is 3.56. The summed E-state index contributed by atoms with van der Waals surface area (Å²) in [6, 6.07) is 8.27. The van der Waals surface area contributed by atoms with Gasteiger partial charge in [-0.05, 0) is 59.2 Å². The van der Waals surface area contributed by atoms with Gasteiger partial charge in [-0.2, -0.15) is 0 Å². The minimum atomic E-state index is 0.708. The smallest absolute Gasteiger partial charge is 0.119 e. The van der Waals surface area contributed by atoms with Gasteiger partial charge in [0.05, 0.1) is 6.61 Å². The minimum Gasteiger partial charge on any atom is -0.493 e. The molecule has 90 valence electrons. The van der Waals surface area contributed by atoms with E-state index in [1.165, 1.54) is 29.3 Å². The normalized spacial score (nSPS) is 12.4. The maximum absolute atomic E-state index is 5.81. The van der Waals surface area contributed by atoms with E-state index >= 15 is 0 Å². The van der Waals surface area contributed by atoms with Crippen LogP contribution in [0.25, 0.3) is 0 Å². The van der Waals surface area contributed by atoms with Crippen molar-refractivity contribution >= 4 is 22.6 Å². The van der Waals surface area contributed by atoms with Crippen LogP contribution in [-0.4, -0.2) is 6.61 Å². The van der Waals surface area contributed by atoms with E-state index in [2.05, 4.69) is 48.6 Å². The van der Waals surface area contributed by atoms with Crippen LogP contribution in [0.5, 0.6) is 5.75 Å². The van der Waals surface area contributed by atoms with Gasteiger partial charge in [0.1, 0.15) is 5.75 Å². The SMILES string of the molecule is CCCCC(CC)COc1ccc(I)cc1. The van der Waals surface area contributed by atoms with E-state index in [0.717, 1.165) is 12.4 Å². The standard InChI is InChI=1S/C14H21IO/c1-3-5-6-12(4-2)11-16-14-9-7-13(15)8-10-14/h7-10,12H,3-6,11H2,1-2H3. The van der Waals surface area contributed by atoms with Crippen molar-refractivity contribution in [2.24, 2.45) is 5.92 Å². The van der Waals surface area contributed by atoms with Crippen LogP contribution in [0.4, 0.5) is 0 Å². The van der Waals surface area contributed by atoms with Crippen molar-refractivity contribution < 1.29 is 4.74 Å². The van der Waals surface area contributed by atoms with E-state index in [0.29, 0.717) is 5.92 Å². The first-order valence-corrected chi connectivity index (χ1v) is 7.22. The summed E-state index contributed by atoms with van der Waals surface area (Å²) in [7, 11) is 0. The number of rotatable bonds is 7. The number of unbranched alkanes of at least 4 members (excludes halogenated alkanes) is 1. The molecular formula is C14H21IO. The van der Waals surface area contributed by atoms with E-state index in [1.54, 1.807) is 0 Å². The van der Waals surface area contributed by atoms with Crippen LogP contribution in [0.2, 0.25) is 0 Å². The number of ether oxygens (including phenoxy) is 1. The van der Waals surface area contributed by atoms with Gasteiger partial charge in [0.25, 0.3) is 0 Å². The lowest BCUT2D eigenvalue weighted by Crippen LogP contribution is -2.11. The van der Waals surface area contributed by atoms with Gasteiger partial charge in [-0.1, -0.05) is 33.1 Å². The van der Waals surface area contributed by atoms with Crippen LogP contribution in [-0.2, 0) is 0 Å². The fourth-order valence-corrected chi connectivity index (χ4v) is 2.00. The first-order valence-electron chi connectivity index (χ1n) is 6.14. The predicted octanol–water partition coefficient (Wildman–Crippen LogP) is 4.89. The number of benzene rings is 1. The number of hydrogen-bond donors (Lipinski definition) is 0. The Morgan fingerprint density at radius 2 is 1.88 bits per heavy atom. The quantitative estimate of drug-likeness (QED) is 0.646. The average Bonchev–Trinajstić information content (AvgIpc) is 2.32. The summed E-state index contributed by atoms with van der Waals surface area (Å²) < 4.78 is 7.06. The Labute approximate surface area is 113 Å². The zero-order valence-electron chi connectivity index (χ0n) is 10.2. The highest BCUT2D eigenvalue weighted by atomic mass is 127. The largest absolute Gasteiger partial charge is 0.493 e. The highest BCUT2D eigenvalue weighted by molar-refractivity contribution is 14.1. The van der Waals surface area contributed by atoms with E-state index < -0.39 is 0 Å². The predicted molar refractivity (Wildman–Crippen MR) is 78.0 cm³/mol. The molecule has 0 saturated heterocycles. The second kappa shape index (κ2) is 7.93. The number of halogens is 1. The lowest BCUT2D eigenvalue weighted by Gasteiger charge is -2.15. The van der Waals surface area contributed by atoms with E-state index in [-0.39, 0.29) is 0 Å². The molecule has 1 aromatic rings. The number of hydrogen-bond acceptors (Lipinski definition) is 1. The summed E-state index contributed by atoms with van der Waals surface area (Å²) in [6.45, 7) is 5.35. The maximum Gasteiger partial charge on any atom is 0.119 e. The van der Waals surface area contributed by atoms with Crippen molar-refractivity contribution in [3.05, 3.63) is 27.8 Å². The molecule has 0 fully saturated rings. The molecule has 0 aromatic heterocycles. The molecule has 16 heavy (non-hydrogen) atoms. The lowest BCUT2D eigenvalue weighted by atomic mass is 10.0. The molecule has 0 N–H and O–H groups in total. The summed E-state index contributed by atoms with van der Waals surface area (Å²) in [5, 5.41) is 0. The van der Waals surface area contributed by atoms with Crippen LogP contribution < -0.4 is 4.74 Å². The maximum atomic E-state index is 5.81. The van der Waals surface area contributed by atoms with Crippen LogP contribution in [0.1, 0.15) is 39.5 Å². The Balaban J connectivity index is 2.34. The molecule has 0 aliphatic heterocycles. The summed E-state index contributed by atoms with van der Waals surface area (Å²) in [6.07, 6.45) is 5.09. The van der Waals surface area contributed by atoms with Crippen molar-refractivity contribution in [2.75, 3.05) is 6.61 Å². The summed E-state index contributed by atoms with van der Waals surface area (Å²) in [5.41, 5.74) is 0. The first kappa shape index (κ1) is 13.8. The summed E-state index contributed by atoms with van der Waals surface area (Å²) in [5.74, 6) is 1.70. The molecular weight excluding hydrogens is 311 g/mol. The van der Waals surface area contributed by atoms with Gasteiger partial charge in [-0.15, -0.1) is 0 Å². The van der Waals surface area contributed by atoms with E-state index in [4.69, 9.17) is 4.74 Å².